The molecule has 0 bridgehead atoms. The highest BCUT2D eigenvalue weighted by atomic mass is 16.4. The van der Waals surface area contributed by atoms with Crippen LogP contribution in [0.2, 0.25) is 0 Å². The van der Waals surface area contributed by atoms with Crippen LogP contribution in [0.5, 0.6) is 0 Å². The number of carboxylic acid groups (broad SMARTS) is 1. The van der Waals surface area contributed by atoms with E-state index in [-0.39, 0.29) is 11.7 Å². The summed E-state index contributed by atoms with van der Waals surface area (Å²) in [5.74, 6) is -0.437. The molecule has 0 radical (unpaired) electrons. The Labute approximate surface area is 86.3 Å². The van der Waals surface area contributed by atoms with Gasteiger partial charge in [-0.25, -0.2) is 4.79 Å². The van der Waals surface area contributed by atoms with Crippen molar-refractivity contribution in [3.63, 3.8) is 0 Å². The largest absolute Gasteiger partial charge is 0.475 e. The minimum Gasteiger partial charge on any atom is -0.475 e. The van der Waals surface area contributed by atoms with E-state index in [1.54, 1.807) is 4.90 Å². The third kappa shape index (κ3) is 1.72. The minimum atomic E-state index is -1.07. The van der Waals surface area contributed by atoms with Gasteiger partial charge in [0, 0.05) is 32.0 Å². The number of aromatic carboxylic acids is 1. The van der Waals surface area contributed by atoms with E-state index >= 15 is 0 Å². The average molecular weight is 209 g/mol. The smallest absolute Gasteiger partial charge is 0.371 e. The van der Waals surface area contributed by atoms with E-state index in [1.807, 2.05) is 0 Å². The topological polar surface area (TPSA) is 70.8 Å². The van der Waals surface area contributed by atoms with E-state index in [4.69, 9.17) is 9.52 Å². The number of nitrogens with zero attached hydrogens (tertiary/aromatic N) is 1. The maximum Gasteiger partial charge on any atom is 0.371 e. The second kappa shape index (κ2) is 3.42. The third-order valence-corrected chi connectivity index (χ3v) is 2.52. The fraction of sp³-hybridized carbons (Fsp3) is 0.400. The number of rotatable bonds is 1. The zero-order valence-electron chi connectivity index (χ0n) is 8.32. The minimum absolute atomic E-state index is 0.00118. The van der Waals surface area contributed by atoms with Gasteiger partial charge in [-0.15, -0.1) is 0 Å². The molecular formula is C10H11NO4. The molecule has 5 heteroatoms. The Bertz CT molecular complexity index is 421. The van der Waals surface area contributed by atoms with Crippen molar-refractivity contribution in [3.05, 3.63) is 23.2 Å². The number of furan rings is 1. The molecule has 1 amide bonds. The lowest BCUT2D eigenvalue weighted by atomic mass is 10.1. The van der Waals surface area contributed by atoms with Gasteiger partial charge in [-0.1, -0.05) is 0 Å². The first-order valence-electron chi connectivity index (χ1n) is 4.68. The molecule has 0 atom stereocenters. The Morgan fingerprint density at radius 1 is 1.53 bits per heavy atom. The summed E-state index contributed by atoms with van der Waals surface area (Å²) >= 11 is 0. The van der Waals surface area contributed by atoms with Gasteiger partial charge in [0.05, 0.1) is 0 Å². The number of carbonyl (C=O) groups excluding carboxylic acids is 1. The molecule has 1 aromatic rings. The first kappa shape index (κ1) is 9.76. The first-order chi connectivity index (χ1) is 7.08. The summed E-state index contributed by atoms with van der Waals surface area (Å²) in [5, 5.41) is 8.73. The van der Waals surface area contributed by atoms with Crippen molar-refractivity contribution in [3.8, 4) is 0 Å². The van der Waals surface area contributed by atoms with Crippen LogP contribution in [0.1, 0.15) is 28.8 Å². The highest BCUT2D eigenvalue weighted by molar-refractivity contribution is 5.84. The van der Waals surface area contributed by atoms with Crippen molar-refractivity contribution in [1.82, 2.24) is 4.90 Å². The van der Waals surface area contributed by atoms with Gasteiger partial charge in [-0.2, -0.15) is 0 Å². The summed E-state index contributed by atoms with van der Waals surface area (Å²) in [7, 11) is 0. The number of hydrogen-bond acceptors (Lipinski definition) is 3. The summed E-state index contributed by atoms with van der Waals surface area (Å²) in [6, 6.07) is 1.49. The molecule has 1 aliphatic heterocycles. The van der Waals surface area contributed by atoms with Crippen molar-refractivity contribution in [2.24, 2.45) is 0 Å². The standard InChI is InChI=1S/C10H11NO4/c1-6(12)11-3-2-8-7(5-11)4-9(15-8)10(13)14/h4H,2-3,5H2,1H3,(H,13,14). The molecule has 0 saturated carbocycles. The van der Waals surface area contributed by atoms with Crippen LogP contribution in [-0.4, -0.2) is 28.4 Å². The van der Waals surface area contributed by atoms with E-state index in [0.717, 1.165) is 5.56 Å². The van der Waals surface area contributed by atoms with Crippen LogP contribution in [0, 0.1) is 0 Å². The average Bonchev–Trinajstić information content (AvgIpc) is 2.59. The molecule has 0 spiro atoms. The fourth-order valence-electron chi connectivity index (χ4n) is 1.71. The van der Waals surface area contributed by atoms with E-state index in [9.17, 15) is 9.59 Å². The monoisotopic (exact) mass is 209 g/mol. The predicted molar refractivity (Wildman–Crippen MR) is 50.5 cm³/mol. The molecule has 2 heterocycles. The number of carbonyl (C=O) groups is 2. The molecule has 1 N–H and O–H groups in total. The van der Waals surface area contributed by atoms with Crippen LogP contribution in [0.25, 0.3) is 0 Å². The molecule has 0 aromatic carbocycles. The van der Waals surface area contributed by atoms with Crippen molar-refractivity contribution in [1.29, 1.82) is 0 Å². The molecule has 0 saturated heterocycles. The summed E-state index contributed by atoms with van der Waals surface area (Å²) in [5.41, 5.74) is 0.800. The normalized spacial score (nSPS) is 14.9. The van der Waals surface area contributed by atoms with Gasteiger partial charge in [0.25, 0.3) is 0 Å². The van der Waals surface area contributed by atoms with Crippen molar-refractivity contribution < 1.29 is 19.1 Å². The molecule has 1 aliphatic rings. The molecule has 1 aromatic heterocycles. The third-order valence-electron chi connectivity index (χ3n) is 2.52. The van der Waals surface area contributed by atoms with E-state index in [1.165, 1.54) is 13.0 Å². The van der Waals surface area contributed by atoms with Crippen molar-refractivity contribution in [2.45, 2.75) is 19.9 Å². The van der Waals surface area contributed by atoms with E-state index < -0.39 is 5.97 Å². The second-order valence-corrected chi connectivity index (χ2v) is 3.55. The van der Waals surface area contributed by atoms with Crippen LogP contribution in [-0.2, 0) is 17.8 Å². The Hall–Kier alpha value is -1.78. The number of hydrogen-bond donors (Lipinski definition) is 1. The van der Waals surface area contributed by atoms with Crippen molar-refractivity contribution in [2.75, 3.05) is 6.54 Å². The molecule has 0 fully saturated rings. The van der Waals surface area contributed by atoms with Crippen LogP contribution in [0.15, 0.2) is 10.5 Å². The van der Waals surface area contributed by atoms with E-state index in [2.05, 4.69) is 0 Å². The summed E-state index contributed by atoms with van der Waals surface area (Å²) in [6.07, 6.45) is 0.586. The van der Waals surface area contributed by atoms with Gasteiger partial charge in [0.15, 0.2) is 0 Å². The second-order valence-electron chi connectivity index (χ2n) is 3.55. The van der Waals surface area contributed by atoms with Gasteiger partial charge in [-0.05, 0) is 6.07 Å². The molecule has 2 rings (SSSR count). The lowest BCUT2D eigenvalue weighted by Gasteiger charge is -2.24. The maximum atomic E-state index is 11.1. The van der Waals surface area contributed by atoms with Crippen LogP contribution in [0.4, 0.5) is 0 Å². The zero-order chi connectivity index (χ0) is 11.0. The van der Waals surface area contributed by atoms with Gasteiger partial charge in [0.1, 0.15) is 5.76 Å². The molecular weight excluding hydrogens is 198 g/mol. The van der Waals surface area contributed by atoms with Crippen LogP contribution in [0.3, 0.4) is 0 Å². The fourth-order valence-corrected chi connectivity index (χ4v) is 1.71. The summed E-state index contributed by atoms with van der Waals surface area (Å²) in [4.78, 5) is 23.5. The molecule has 5 nitrogen and oxygen atoms in total. The van der Waals surface area contributed by atoms with Crippen LogP contribution < -0.4 is 0 Å². The summed E-state index contributed by atoms with van der Waals surface area (Å²) < 4.78 is 5.16. The summed E-state index contributed by atoms with van der Waals surface area (Å²) in [6.45, 7) is 2.54. The lowest BCUT2D eigenvalue weighted by Crippen LogP contribution is -2.33. The molecule has 80 valence electrons. The molecule has 0 aliphatic carbocycles. The van der Waals surface area contributed by atoms with Crippen molar-refractivity contribution >= 4 is 11.9 Å². The van der Waals surface area contributed by atoms with E-state index in [0.29, 0.717) is 25.3 Å². The number of fused-ring (bicyclic) bond motifs is 1. The first-order valence-corrected chi connectivity index (χ1v) is 4.68. The number of carboxylic acids is 1. The Morgan fingerprint density at radius 3 is 2.87 bits per heavy atom. The SMILES string of the molecule is CC(=O)N1CCc2oc(C(=O)O)cc2C1. The molecule has 15 heavy (non-hydrogen) atoms. The Kier molecular flexibility index (Phi) is 2.22. The highest BCUT2D eigenvalue weighted by Crippen LogP contribution is 2.22. The van der Waals surface area contributed by atoms with Gasteiger partial charge in [0.2, 0.25) is 11.7 Å². The molecule has 0 unspecified atom stereocenters. The van der Waals surface area contributed by atoms with Gasteiger partial charge < -0.3 is 14.4 Å². The zero-order valence-corrected chi connectivity index (χ0v) is 8.32. The number of amides is 1. The Balaban J connectivity index is 2.26. The van der Waals surface area contributed by atoms with Crippen LogP contribution >= 0.6 is 0 Å². The highest BCUT2D eigenvalue weighted by Gasteiger charge is 2.23. The van der Waals surface area contributed by atoms with Gasteiger partial charge >= 0.3 is 5.97 Å². The Morgan fingerprint density at radius 2 is 2.27 bits per heavy atom. The maximum absolute atomic E-state index is 11.1. The quantitative estimate of drug-likeness (QED) is 0.745. The predicted octanol–water partition coefficient (Wildman–Crippen LogP) is 0.882. The van der Waals surface area contributed by atoms with Gasteiger partial charge in [-0.3, -0.25) is 4.79 Å². The lowest BCUT2D eigenvalue weighted by molar-refractivity contribution is -0.129.